The van der Waals surface area contributed by atoms with Crippen LogP contribution >= 0.6 is 0 Å². The van der Waals surface area contributed by atoms with E-state index >= 15 is 0 Å². The zero-order chi connectivity index (χ0) is 31.2. The highest BCUT2D eigenvalue weighted by Crippen LogP contribution is 2.47. The first-order valence-corrected chi connectivity index (χ1v) is 17.2. The predicted octanol–water partition coefficient (Wildman–Crippen LogP) is 5.83. The number of aryl methyl sites for hydroxylation is 2. The first-order chi connectivity index (χ1) is 21.0. The lowest BCUT2D eigenvalue weighted by Crippen LogP contribution is -2.66. The molecule has 3 aliphatic rings. The maximum Gasteiger partial charge on any atom is 0.264 e. The van der Waals surface area contributed by atoms with Crippen molar-refractivity contribution in [1.29, 1.82) is 0 Å². The summed E-state index contributed by atoms with van der Waals surface area (Å²) in [6, 6.07) is 13.9. The van der Waals surface area contributed by atoms with E-state index in [1.807, 2.05) is 36.9 Å². The third-order valence-electron chi connectivity index (χ3n) is 9.67. The molecule has 0 unspecified atom stereocenters. The van der Waals surface area contributed by atoms with Gasteiger partial charge in [0.1, 0.15) is 6.61 Å². The minimum Gasteiger partial charge on any atom is -0.475 e. The summed E-state index contributed by atoms with van der Waals surface area (Å²) in [6.45, 7) is 9.61. The first-order valence-electron chi connectivity index (χ1n) is 15.7. The van der Waals surface area contributed by atoms with Crippen LogP contribution in [0, 0.1) is 19.8 Å². The molecule has 3 aromatic rings. The van der Waals surface area contributed by atoms with Crippen molar-refractivity contribution < 1.29 is 17.9 Å². The minimum atomic E-state index is -4.10. The molecule has 9 nitrogen and oxygen atoms in total. The van der Waals surface area contributed by atoms with Gasteiger partial charge >= 0.3 is 0 Å². The van der Waals surface area contributed by atoms with Crippen molar-refractivity contribution in [2.24, 2.45) is 5.92 Å². The molecule has 10 heteroatoms. The Hall–Kier alpha value is -3.50. The van der Waals surface area contributed by atoms with Gasteiger partial charge < -0.3 is 14.5 Å². The molecule has 2 aliphatic heterocycles. The van der Waals surface area contributed by atoms with Gasteiger partial charge in [0.25, 0.3) is 15.9 Å². The zero-order valence-electron chi connectivity index (χ0n) is 26.3. The van der Waals surface area contributed by atoms with E-state index in [0.29, 0.717) is 17.2 Å². The van der Waals surface area contributed by atoms with Crippen molar-refractivity contribution in [3.63, 3.8) is 0 Å². The van der Waals surface area contributed by atoms with Crippen LogP contribution in [0.5, 0.6) is 5.88 Å². The summed E-state index contributed by atoms with van der Waals surface area (Å²) in [6.07, 6.45) is 6.08. The second kappa shape index (κ2) is 11.8. The number of ether oxygens (including phenoxy) is 1. The molecule has 1 amide bonds. The number of likely N-dealkylation sites (tertiary alicyclic amines) is 1. The average molecular weight is 618 g/mol. The van der Waals surface area contributed by atoms with Crippen LogP contribution < -0.4 is 9.46 Å². The number of carbonyl (C=O) groups is 1. The molecule has 1 spiro atoms. The highest BCUT2D eigenvalue weighted by atomic mass is 32.2. The molecule has 1 saturated heterocycles. The Morgan fingerprint density at radius 2 is 1.77 bits per heavy atom. The Morgan fingerprint density at radius 3 is 2.48 bits per heavy atom. The quantitative estimate of drug-likeness (QED) is 0.393. The second-order valence-electron chi connectivity index (χ2n) is 13.3. The fourth-order valence-electron chi connectivity index (χ4n) is 7.39. The molecule has 44 heavy (non-hydrogen) atoms. The van der Waals surface area contributed by atoms with Gasteiger partial charge in [-0.25, -0.2) is 18.1 Å². The van der Waals surface area contributed by atoms with Gasteiger partial charge in [-0.3, -0.25) is 4.79 Å². The number of hydrogen-bond donors (Lipinski definition) is 1. The largest absolute Gasteiger partial charge is 0.475 e. The van der Waals surface area contributed by atoms with E-state index in [1.165, 1.54) is 25.0 Å². The van der Waals surface area contributed by atoms with Crippen molar-refractivity contribution >= 4 is 21.9 Å². The van der Waals surface area contributed by atoms with Gasteiger partial charge in [0.15, 0.2) is 0 Å². The van der Waals surface area contributed by atoms with Gasteiger partial charge in [-0.05, 0) is 94.8 Å². The summed E-state index contributed by atoms with van der Waals surface area (Å²) < 4.78 is 36.2. The van der Waals surface area contributed by atoms with E-state index in [2.05, 4.69) is 40.5 Å². The van der Waals surface area contributed by atoms with Crippen LogP contribution in [-0.4, -0.2) is 71.9 Å². The molecule has 6 rings (SSSR count). The molecule has 1 atom stereocenters. The van der Waals surface area contributed by atoms with Gasteiger partial charge in [0.05, 0.1) is 16.6 Å². The second-order valence-corrected chi connectivity index (χ2v) is 15.0. The van der Waals surface area contributed by atoms with E-state index in [-0.39, 0.29) is 46.9 Å². The van der Waals surface area contributed by atoms with Gasteiger partial charge in [-0.15, -0.1) is 0 Å². The number of aromatic nitrogens is 2. The third kappa shape index (κ3) is 5.81. The smallest absolute Gasteiger partial charge is 0.264 e. The number of anilines is 1. The first kappa shape index (κ1) is 30.5. The molecule has 1 aliphatic carbocycles. The number of nitrogens with zero attached hydrogens (tertiary/aromatic N) is 4. The topological polar surface area (TPSA) is 105 Å². The van der Waals surface area contributed by atoms with Crippen LogP contribution in [0.3, 0.4) is 0 Å². The number of carbonyl (C=O) groups excluding carboxylic acids is 1. The molecule has 2 aromatic carbocycles. The third-order valence-corrected chi connectivity index (χ3v) is 11.0. The summed E-state index contributed by atoms with van der Waals surface area (Å²) in [7, 11) is -1.90. The molecule has 4 bridgehead atoms. The van der Waals surface area contributed by atoms with Crippen LogP contribution in [0.1, 0.15) is 73.9 Å². The molecular weight excluding hydrogens is 574 g/mol. The lowest BCUT2D eigenvalue weighted by molar-refractivity contribution is -0.0665. The van der Waals surface area contributed by atoms with Crippen molar-refractivity contribution in [3.8, 4) is 17.1 Å². The number of fused-ring (bicyclic) bond motifs is 4. The Kier molecular flexibility index (Phi) is 8.17. The Labute approximate surface area is 261 Å². The van der Waals surface area contributed by atoms with Crippen molar-refractivity contribution in [2.75, 3.05) is 24.9 Å². The summed E-state index contributed by atoms with van der Waals surface area (Å²) in [5.74, 6) is 0.331. The SMILES string of the molecule is Cc1cccc(C)c1-c1cc2nc(n1)NS(=O)(=O)c1cccc(c1)C(=O)N([C@H]1C[C@]3(CCCCN3C)C1)[C@H](CC(C)C)CO2. The number of benzene rings is 2. The molecule has 234 valence electrons. The van der Waals surface area contributed by atoms with Crippen LogP contribution in [0.4, 0.5) is 5.95 Å². The van der Waals surface area contributed by atoms with Gasteiger partial charge in [0.2, 0.25) is 11.8 Å². The predicted molar refractivity (Wildman–Crippen MR) is 171 cm³/mol. The lowest BCUT2D eigenvalue weighted by atomic mass is 9.66. The van der Waals surface area contributed by atoms with E-state index < -0.39 is 10.0 Å². The molecule has 1 aromatic heterocycles. The molecule has 1 N–H and O–H groups in total. The maximum atomic E-state index is 14.4. The number of nitrogens with one attached hydrogen (secondary N) is 1. The van der Waals surface area contributed by atoms with Crippen LogP contribution in [0.25, 0.3) is 11.3 Å². The number of rotatable bonds is 4. The van der Waals surface area contributed by atoms with Crippen LogP contribution in [0.2, 0.25) is 0 Å². The van der Waals surface area contributed by atoms with E-state index in [9.17, 15) is 13.2 Å². The van der Waals surface area contributed by atoms with Gasteiger partial charge in [-0.1, -0.05) is 44.5 Å². The van der Waals surface area contributed by atoms with Crippen molar-refractivity contribution in [3.05, 3.63) is 65.2 Å². The van der Waals surface area contributed by atoms with Gasteiger partial charge in [0, 0.05) is 28.8 Å². The Morgan fingerprint density at radius 1 is 1.05 bits per heavy atom. The number of piperidine rings is 1. The van der Waals surface area contributed by atoms with E-state index in [4.69, 9.17) is 4.74 Å². The van der Waals surface area contributed by atoms with Crippen LogP contribution in [-0.2, 0) is 10.0 Å². The van der Waals surface area contributed by atoms with Crippen molar-refractivity contribution in [2.45, 2.75) is 88.7 Å². The molecule has 0 radical (unpaired) electrons. The van der Waals surface area contributed by atoms with E-state index in [0.717, 1.165) is 48.9 Å². The zero-order valence-corrected chi connectivity index (χ0v) is 27.2. The van der Waals surface area contributed by atoms with Crippen LogP contribution in [0.15, 0.2) is 53.4 Å². The fourth-order valence-corrected chi connectivity index (χ4v) is 8.38. The number of sulfonamides is 1. The highest BCUT2D eigenvalue weighted by Gasteiger charge is 2.52. The normalized spacial score (nSPS) is 25.3. The average Bonchev–Trinajstić information content (AvgIpc) is 2.95. The Balaban J connectivity index is 1.45. The minimum absolute atomic E-state index is 0.0106. The van der Waals surface area contributed by atoms with E-state index in [1.54, 1.807) is 18.2 Å². The lowest BCUT2D eigenvalue weighted by Gasteiger charge is -2.59. The summed E-state index contributed by atoms with van der Waals surface area (Å²) in [5, 5.41) is 0. The molecule has 2 fully saturated rings. The number of hydrogen-bond acceptors (Lipinski definition) is 7. The standard InChI is InChI=1S/C34H43N5O4S/c1-22(2)16-26-21-43-30-18-29(31-23(3)10-8-11-24(31)4)35-33(36-30)37-44(41,42)28-13-9-12-25(17-28)32(40)39(26)27-19-34(20-27)14-6-7-15-38(34)5/h8-13,17-18,22,26-27H,6-7,14-16,19-21H2,1-5H3,(H,35,36,37)/t26-,27-,34+/m1/s1. The summed E-state index contributed by atoms with van der Waals surface area (Å²) >= 11 is 0. The maximum absolute atomic E-state index is 14.4. The Bertz CT molecular complexity index is 1650. The number of amides is 1. The van der Waals surface area contributed by atoms with Crippen molar-refractivity contribution in [1.82, 2.24) is 19.8 Å². The molecule has 3 heterocycles. The van der Waals surface area contributed by atoms with Gasteiger partial charge in [-0.2, -0.15) is 4.98 Å². The molecular formula is C34H43N5O4S. The molecule has 1 saturated carbocycles. The highest BCUT2D eigenvalue weighted by molar-refractivity contribution is 7.92. The fraction of sp³-hybridized carbons (Fsp3) is 0.500. The monoisotopic (exact) mass is 617 g/mol. The summed E-state index contributed by atoms with van der Waals surface area (Å²) in [5.41, 5.74) is 3.96. The summed E-state index contributed by atoms with van der Waals surface area (Å²) in [4.78, 5) is 28.0.